The van der Waals surface area contributed by atoms with Gasteiger partial charge in [-0.15, -0.1) is 0 Å². The van der Waals surface area contributed by atoms with Crippen molar-refractivity contribution in [2.45, 2.75) is 32.1 Å². The number of hydrogen-bond acceptors (Lipinski definition) is 5. The van der Waals surface area contributed by atoms with Crippen LogP contribution >= 0.6 is 0 Å². The number of nitrogens with zero attached hydrogens (tertiary/aromatic N) is 1. The Bertz CT molecular complexity index is 543. The second kappa shape index (κ2) is 6.56. The van der Waals surface area contributed by atoms with Crippen LogP contribution in [-0.4, -0.2) is 24.5 Å². The van der Waals surface area contributed by atoms with Gasteiger partial charge < -0.3 is 9.47 Å². The molecule has 0 spiro atoms. The number of benzene rings is 1. The number of methoxy groups -OCH3 is 1. The van der Waals surface area contributed by atoms with E-state index >= 15 is 0 Å². The summed E-state index contributed by atoms with van der Waals surface area (Å²) in [4.78, 5) is 22.8. The Hall–Kier alpha value is -2.11. The maximum atomic E-state index is 12.2. The normalized spacial score (nSPS) is 20.6. The topological polar surface area (TPSA) is 78.7 Å². The third kappa shape index (κ3) is 3.15. The van der Waals surface area contributed by atoms with E-state index < -0.39 is 17.8 Å². The lowest BCUT2D eigenvalue weighted by Gasteiger charge is -2.30. The highest BCUT2D eigenvalue weighted by Crippen LogP contribution is 2.44. The van der Waals surface area contributed by atoms with Crippen LogP contribution in [0.25, 0.3) is 0 Å². The van der Waals surface area contributed by atoms with Crippen molar-refractivity contribution in [3.05, 3.63) is 33.9 Å². The predicted molar refractivity (Wildman–Crippen MR) is 76.2 cm³/mol. The fourth-order valence-electron chi connectivity index (χ4n) is 2.78. The Kier molecular flexibility index (Phi) is 4.77. The number of para-hydroxylation sites is 1. The van der Waals surface area contributed by atoms with Crippen LogP contribution in [0.5, 0.6) is 11.5 Å². The third-order valence-electron chi connectivity index (χ3n) is 3.83. The summed E-state index contributed by atoms with van der Waals surface area (Å²) in [5.41, 5.74) is 0.687. The van der Waals surface area contributed by atoms with E-state index in [1.165, 1.54) is 7.11 Å². The van der Waals surface area contributed by atoms with E-state index in [4.69, 9.17) is 9.47 Å². The molecule has 1 aliphatic rings. The molecule has 0 radical (unpaired) electrons. The summed E-state index contributed by atoms with van der Waals surface area (Å²) in [6.07, 6.45) is 2.37. The highest BCUT2D eigenvalue weighted by atomic mass is 16.6. The van der Waals surface area contributed by atoms with Gasteiger partial charge in [0.25, 0.3) is 0 Å². The standard InChI is InChI=1S/C15H19NO5/c1-3-4-6-11-12(9-16(18)19)10-7-5-8-13(20-2)14(10)21-15(11)17/h5,7-8,11-12H,3-4,6,9H2,1-2H3/t11-,12-/m0/s1. The molecule has 0 bridgehead atoms. The molecule has 114 valence electrons. The molecule has 0 aromatic heterocycles. The first-order valence-electron chi connectivity index (χ1n) is 7.08. The van der Waals surface area contributed by atoms with Gasteiger partial charge in [-0.2, -0.15) is 0 Å². The predicted octanol–water partition coefficient (Wildman–Crippen LogP) is 2.78. The van der Waals surface area contributed by atoms with Crippen molar-refractivity contribution in [1.29, 1.82) is 0 Å². The van der Waals surface area contributed by atoms with Gasteiger partial charge in [-0.1, -0.05) is 31.9 Å². The highest BCUT2D eigenvalue weighted by molar-refractivity contribution is 5.80. The quantitative estimate of drug-likeness (QED) is 0.349. The van der Waals surface area contributed by atoms with Crippen molar-refractivity contribution in [1.82, 2.24) is 0 Å². The number of hydrogen-bond donors (Lipinski definition) is 0. The lowest BCUT2D eigenvalue weighted by atomic mass is 9.80. The molecule has 0 aliphatic carbocycles. The van der Waals surface area contributed by atoms with Crippen LogP contribution in [0.15, 0.2) is 18.2 Å². The van der Waals surface area contributed by atoms with Crippen LogP contribution in [-0.2, 0) is 4.79 Å². The zero-order valence-electron chi connectivity index (χ0n) is 12.2. The smallest absolute Gasteiger partial charge is 0.315 e. The third-order valence-corrected chi connectivity index (χ3v) is 3.83. The number of unbranched alkanes of at least 4 members (excludes halogenated alkanes) is 1. The summed E-state index contributed by atoms with van der Waals surface area (Å²) in [5.74, 6) is -0.562. The second-order valence-corrected chi connectivity index (χ2v) is 5.17. The fraction of sp³-hybridized carbons (Fsp3) is 0.533. The number of rotatable bonds is 6. The Balaban J connectivity index is 2.42. The van der Waals surface area contributed by atoms with E-state index in [1.54, 1.807) is 18.2 Å². The fourth-order valence-corrected chi connectivity index (χ4v) is 2.78. The first kappa shape index (κ1) is 15.3. The van der Waals surface area contributed by atoms with E-state index in [-0.39, 0.29) is 11.5 Å². The average Bonchev–Trinajstić information content (AvgIpc) is 2.45. The summed E-state index contributed by atoms with van der Waals surface area (Å²) in [7, 11) is 1.48. The van der Waals surface area contributed by atoms with E-state index in [0.29, 0.717) is 23.5 Å². The molecule has 2 rings (SSSR count). The molecule has 1 aromatic rings. The molecule has 1 heterocycles. The molecule has 21 heavy (non-hydrogen) atoms. The molecule has 2 atom stereocenters. The van der Waals surface area contributed by atoms with Gasteiger partial charge in [-0.3, -0.25) is 14.9 Å². The Morgan fingerprint density at radius 3 is 2.76 bits per heavy atom. The van der Waals surface area contributed by atoms with Crippen LogP contribution in [0.1, 0.15) is 37.7 Å². The van der Waals surface area contributed by atoms with E-state index in [1.807, 2.05) is 6.92 Å². The first-order valence-corrected chi connectivity index (χ1v) is 7.08. The lowest BCUT2D eigenvalue weighted by Crippen LogP contribution is -2.35. The van der Waals surface area contributed by atoms with Crippen molar-refractivity contribution < 1.29 is 19.2 Å². The van der Waals surface area contributed by atoms with Crippen LogP contribution in [0.3, 0.4) is 0 Å². The summed E-state index contributed by atoms with van der Waals surface area (Å²) in [5, 5.41) is 11.0. The zero-order valence-corrected chi connectivity index (χ0v) is 12.2. The van der Waals surface area contributed by atoms with Crippen molar-refractivity contribution in [2.24, 2.45) is 5.92 Å². The van der Waals surface area contributed by atoms with Crippen molar-refractivity contribution in [2.75, 3.05) is 13.7 Å². The second-order valence-electron chi connectivity index (χ2n) is 5.17. The van der Waals surface area contributed by atoms with Gasteiger partial charge in [0.2, 0.25) is 6.54 Å². The van der Waals surface area contributed by atoms with Crippen LogP contribution in [0.2, 0.25) is 0 Å². The van der Waals surface area contributed by atoms with E-state index in [0.717, 1.165) is 12.8 Å². The van der Waals surface area contributed by atoms with Gasteiger partial charge in [-0.05, 0) is 12.5 Å². The Morgan fingerprint density at radius 2 is 2.14 bits per heavy atom. The molecule has 0 saturated heterocycles. The SMILES string of the molecule is CCCC[C@@H]1C(=O)Oc2c(OC)cccc2[C@@H]1C[N+](=O)[O-]. The van der Waals surface area contributed by atoms with Crippen LogP contribution in [0.4, 0.5) is 0 Å². The minimum Gasteiger partial charge on any atom is -0.493 e. The first-order chi connectivity index (χ1) is 10.1. The number of carbonyl (C=O) groups excluding carboxylic acids is 1. The van der Waals surface area contributed by atoms with Gasteiger partial charge in [0.05, 0.1) is 18.9 Å². The largest absolute Gasteiger partial charge is 0.493 e. The van der Waals surface area contributed by atoms with Crippen molar-refractivity contribution >= 4 is 5.97 Å². The molecule has 1 aromatic carbocycles. The summed E-state index contributed by atoms with van der Waals surface area (Å²) >= 11 is 0. The number of carbonyl (C=O) groups is 1. The van der Waals surface area contributed by atoms with Gasteiger partial charge >= 0.3 is 5.97 Å². The van der Waals surface area contributed by atoms with Gasteiger partial charge in [-0.25, -0.2) is 0 Å². The summed E-state index contributed by atoms with van der Waals surface area (Å²) in [6.45, 7) is 1.75. The molecule has 6 nitrogen and oxygen atoms in total. The van der Waals surface area contributed by atoms with Gasteiger partial charge in [0.15, 0.2) is 11.5 Å². The monoisotopic (exact) mass is 293 g/mol. The maximum absolute atomic E-state index is 12.2. The molecule has 0 N–H and O–H groups in total. The molecule has 0 unspecified atom stereocenters. The number of ether oxygens (including phenoxy) is 2. The molecule has 0 fully saturated rings. The molecule has 1 aliphatic heterocycles. The van der Waals surface area contributed by atoms with Crippen molar-refractivity contribution in [3.8, 4) is 11.5 Å². The van der Waals surface area contributed by atoms with E-state index in [9.17, 15) is 14.9 Å². The van der Waals surface area contributed by atoms with E-state index in [2.05, 4.69) is 0 Å². The highest BCUT2D eigenvalue weighted by Gasteiger charge is 2.41. The molecule has 0 saturated carbocycles. The minimum absolute atomic E-state index is 0.274. The van der Waals surface area contributed by atoms with Crippen LogP contribution < -0.4 is 9.47 Å². The molecular weight excluding hydrogens is 274 g/mol. The lowest BCUT2D eigenvalue weighted by molar-refractivity contribution is -0.484. The Morgan fingerprint density at radius 1 is 1.38 bits per heavy atom. The number of esters is 1. The Labute approximate surface area is 123 Å². The van der Waals surface area contributed by atoms with Gasteiger partial charge in [0, 0.05) is 10.5 Å². The summed E-state index contributed by atoms with van der Waals surface area (Å²) < 4.78 is 10.6. The number of nitro groups is 1. The van der Waals surface area contributed by atoms with Gasteiger partial charge in [0.1, 0.15) is 0 Å². The van der Waals surface area contributed by atoms with Crippen molar-refractivity contribution in [3.63, 3.8) is 0 Å². The zero-order chi connectivity index (χ0) is 15.4. The molecule has 0 amide bonds. The minimum atomic E-state index is -0.463. The average molecular weight is 293 g/mol. The molecule has 6 heteroatoms. The summed E-state index contributed by atoms with van der Waals surface area (Å²) in [6, 6.07) is 5.22. The maximum Gasteiger partial charge on any atom is 0.315 e. The van der Waals surface area contributed by atoms with Crippen LogP contribution in [0, 0.1) is 16.0 Å². The number of fused-ring (bicyclic) bond motifs is 1. The molecular formula is C15H19NO5.